The van der Waals surface area contributed by atoms with Crippen molar-refractivity contribution < 1.29 is 9.59 Å². The molecule has 4 rings (SSSR count). The lowest BCUT2D eigenvalue weighted by molar-refractivity contribution is -0.139. The minimum absolute atomic E-state index is 0.0170. The van der Waals surface area contributed by atoms with E-state index in [4.69, 9.17) is 0 Å². The summed E-state index contributed by atoms with van der Waals surface area (Å²) in [6.45, 7) is 1.74. The molecule has 0 spiro atoms. The SMILES string of the molecule is O=C1CCC(C(=O)N2C[C@H]3CCC[C@H]3C2)(c2ccccc2)N1. The zero-order chi connectivity index (χ0) is 15.2. The van der Waals surface area contributed by atoms with Crippen molar-refractivity contribution in [1.29, 1.82) is 0 Å². The van der Waals surface area contributed by atoms with Crippen molar-refractivity contribution in [3.63, 3.8) is 0 Å². The van der Waals surface area contributed by atoms with Crippen LogP contribution in [0.25, 0.3) is 0 Å². The Morgan fingerprint density at radius 3 is 2.41 bits per heavy atom. The Morgan fingerprint density at radius 2 is 1.82 bits per heavy atom. The lowest BCUT2D eigenvalue weighted by Gasteiger charge is -2.33. The van der Waals surface area contributed by atoms with Crippen molar-refractivity contribution in [1.82, 2.24) is 10.2 Å². The number of likely N-dealkylation sites (tertiary alicyclic amines) is 1. The molecule has 2 heterocycles. The molecule has 1 saturated carbocycles. The van der Waals surface area contributed by atoms with Crippen molar-refractivity contribution in [2.75, 3.05) is 13.1 Å². The number of fused-ring (bicyclic) bond motifs is 1. The predicted molar refractivity (Wildman–Crippen MR) is 82.9 cm³/mol. The largest absolute Gasteiger partial charge is 0.340 e. The summed E-state index contributed by atoms with van der Waals surface area (Å²) >= 11 is 0. The van der Waals surface area contributed by atoms with Gasteiger partial charge in [0.1, 0.15) is 5.54 Å². The van der Waals surface area contributed by atoms with Crippen molar-refractivity contribution in [3.8, 4) is 0 Å². The summed E-state index contributed by atoms with van der Waals surface area (Å²) in [6.07, 6.45) is 4.80. The van der Waals surface area contributed by atoms with Crippen molar-refractivity contribution in [2.45, 2.75) is 37.6 Å². The lowest BCUT2D eigenvalue weighted by atomic mass is 9.87. The number of nitrogens with zero attached hydrogens (tertiary/aromatic N) is 1. The summed E-state index contributed by atoms with van der Waals surface area (Å²) in [6, 6.07) is 9.74. The van der Waals surface area contributed by atoms with E-state index in [1.807, 2.05) is 35.2 Å². The number of hydrogen-bond acceptors (Lipinski definition) is 2. The molecule has 2 aliphatic heterocycles. The van der Waals surface area contributed by atoms with Crippen LogP contribution in [0.15, 0.2) is 30.3 Å². The minimum Gasteiger partial charge on any atom is -0.340 e. The summed E-state index contributed by atoms with van der Waals surface area (Å²) in [5.74, 6) is 1.43. The number of benzene rings is 1. The second-order valence-corrected chi connectivity index (χ2v) is 6.98. The fourth-order valence-corrected chi connectivity index (χ4v) is 4.56. The van der Waals surface area contributed by atoms with Crippen LogP contribution in [0.2, 0.25) is 0 Å². The highest BCUT2D eigenvalue weighted by Gasteiger charge is 2.50. The number of hydrogen-bond donors (Lipinski definition) is 1. The van der Waals surface area contributed by atoms with E-state index in [-0.39, 0.29) is 11.8 Å². The fraction of sp³-hybridized carbons (Fsp3) is 0.556. The Bertz CT molecular complexity index is 588. The Labute approximate surface area is 130 Å². The molecule has 3 atom stereocenters. The molecule has 3 fully saturated rings. The molecule has 0 radical (unpaired) electrons. The quantitative estimate of drug-likeness (QED) is 0.908. The Kier molecular flexibility index (Phi) is 3.21. The van der Waals surface area contributed by atoms with Crippen LogP contribution in [0.1, 0.15) is 37.7 Å². The van der Waals surface area contributed by atoms with Gasteiger partial charge in [-0.2, -0.15) is 0 Å². The zero-order valence-corrected chi connectivity index (χ0v) is 12.8. The maximum absolute atomic E-state index is 13.3. The molecule has 22 heavy (non-hydrogen) atoms. The van der Waals surface area contributed by atoms with E-state index in [1.165, 1.54) is 19.3 Å². The lowest BCUT2D eigenvalue weighted by Crippen LogP contribution is -2.53. The molecule has 4 nitrogen and oxygen atoms in total. The number of nitrogens with one attached hydrogen (secondary N) is 1. The summed E-state index contributed by atoms with van der Waals surface area (Å²) < 4.78 is 0. The molecule has 0 bridgehead atoms. The summed E-state index contributed by atoms with van der Waals surface area (Å²) in [5.41, 5.74) is 0.0830. The van der Waals surface area contributed by atoms with E-state index in [9.17, 15) is 9.59 Å². The van der Waals surface area contributed by atoms with Gasteiger partial charge in [-0.1, -0.05) is 36.8 Å². The molecular weight excluding hydrogens is 276 g/mol. The standard InChI is InChI=1S/C18H22N2O2/c21-16-9-10-18(19-16,15-7-2-1-3-8-15)17(22)20-11-13-5-4-6-14(13)12-20/h1-3,7-8,13-14H,4-6,9-12H2,(H,19,21)/t13-,14+,18?. The summed E-state index contributed by atoms with van der Waals surface area (Å²) in [5, 5.41) is 3.00. The topological polar surface area (TPSA) is 49.4 Å². The van der Waals surface area contributed by atoms with Crippen LogP contribution >= 0.6 is 0 Å². The van der Waals surface area contributed by atoms with Gasteiger partial charge in [0, 0.05) is 19.5 Å². The van der Waals surface area contributed by atoms with Crippen LogP contribution in [-0.4, -0.2) is 29.8 Å². The van der Waals surface area contributed by atoms with Gasteiger partial charge in [0.05, 0.1) is 0 Å². The highest BCUT2D eigenvalue weighted by Crippen LogP contribution is 2.41. The maximum Gasteiger partial charge on any atom is 0.253 e. The zero-order valence-electron chi connectivity index (χ0n) is 12.8. The summed E-state index contributed by atoms with van der Waals surface area (Å²) in [7, 11) is 0. The van der Waals surface area contributed by atoms with Crippen LogP contribution in [0.5, 0.6) is 0 Å². The maximum atomic E-state index is 13.3. The van der Waals surface area contributed by atoms with Crippen molar-refractivity contribution >= 4 is 11.8 Å². The highest BCUT2D eigenvalue weighted by atomic mass is 16.2. The molecule has 1 unspecified atom stereocenters. The molecule has 0 aromatic heterocycles. The number of carbonyl (C=O) groups excluding carboxylic acids is 2. The fourth-order valence-electron chi connectivity index (χ4n) is 4.56. The minimum atomic E-state index is -0.836. The van der Waals surface area contributed by atoms with Crippen LogP contribution in [-0.2, 0) is 15.1 Å². The molecule has 1 aliphatic carbocycles. The van der Waals surface area contributed by atoms with Gasteiger partial charge in [-0.15, -0.1) is 0 Å². The van der Waals surface area contributed by atoms with E-state index in [2.05, 4.69) is 5.32 Å². The van der Waals surface area contributed by atoms with Gasteiger partial charge >= 0.3 is 0 Å². The first-order valence-corrected chi connectivity index (χ1v) is 8.35. The molecule has 2 saturated heterocycles. The summed E-state index contributed by atoms with van der Waals surface area (Å²) in [4.78, 5) is 27.1. The Balaban J connectivity index is 1.64. The highest BCUT2D eigenvalue weighted by molar-refractivity contribution is 5.95. The van der Waals surface area contributed by atoms with Crippen LogP contribution in [0.3, 0.4) is 0 Å². The van der Waals surface area contributed by atoms with Crippen LogP contribution in [0.4, 0.5) is 0 Å². The van der Waals surface area contributed by atoms with Gasteiger partial charge in [0.25, 0.3) is 5.91 Å². The van der Waals surface area contributed by atoms with E-state index >= 15 is 0 Å². The van der Waals surface area contributed by atoms with Crippen LogP contribution < -0.4 is 5.32 Å². The van der Waals surface area contributed by atoms with Gasteiger partial charge in [-0.05, 0) is 36.7 Å². The first kappa shape index (κ1) is 13.8. The molecule has 1 N–H and O–H groups in total. The van der Waals surface area contributed by atoms with Gasteiger partial charge in [-0.3, -0.25) is 9.59 Å². The van der Waals surface area contributed by atoms with E-state index in [0.717, 1.165) is 18.7 Å². The molecule has 2 amide bonds. The van der Waals surface area contributed by atoms with E-state index in [0.29, 0.717) is 24.7 Å². The average Bonchev–Trinajstić information content (AvgIpc) is 3.22. The third kappa shape index (κ3) is 2.04. The monoisotopic (exact) mass is 298 g/mol. The molecule has 1 aromatic rings. The number of rotatable bonds is 2. The Morgan fingerprint density at radius 1 is 1.14 bits per heavy atom. The van der Waals surface area contributed by atoms with Gasteiger partial charge < -0.3 is 10.2 Å². The average molecular weight is 298 g/mol. The van der Waals surface area contributed by atoms with Gasteiger partial charge in [-0.25, -0.2) is 0 Å². The van der Waals surface area contributed by atoms with Crippen molar-refractivity contribution in [3.05, 3.63) is 35.9 Å². The third-order valence-electron chi connectivity index (χ3n) is 5.73. The Hall–Kier alpha value is -1.84. The second kappa shape index (κ2) is 5.11. The smallest absolute Gasteiger partial charge is 0.253 e. The first-order valence-electron chi connectivity index (χ1n) is 8.35. The molecule has 4 heteroatoms. The van der Waals surface area contributed by atoms with E-state index in [1.54, 1.807) is 0 Å². The molecular formula is C18H22N2O2. The third-order valence-corrected chi connectivity index (χ3v) is 5.73. The molecule has 1 aromatic carbocycles. The molecule has 116 valence electrons. The van der Waals surface area contributed by atoms with Gasteiger partial charge in [0.15, 0.2) is 0 Å². The van der Waals surface area contributed by atoms with Gasteiger partial charge in [0.2, 0.25) is 5.91 Å². The number of carbonyl (C=O) groups is 2. The second-order valence-electron chi connectivity index (χ2n) is 6.98. The van der Waals surface area contributed by atoms with Crippen molar-refractivity contribution in [2.24, 2.45) is 11.8 Å². The number of amides is 2. The molecule has 3 aliphatic rings. The normalized spacial score (nSPS) is 33.8. The predicted octanol–water partition coefficient (Wildman–Crippen LogP) is 2.05. The van der Waals surface area contributed by atoms with Crippen LogP contribution in [0, 0.1) is 11.8 Å². The first-order chi connectivity index (χ1) is 10.7. The van der Waals surface area contributed by atoms with E-state index < -0.39 is 5.54 Å².